The molecule has 0 saturated carbocycles. The van der Waals surface area contributed by atoms with Crippen molar-refractivity contribution in [2.75, 3.05) is 0 Å². The van der Waals surface area contributed by atoms with Crippen molar-refractivity contribution in [3.63, 3.8) is 0 Å². The monoisotopic (exact) mass is 248 g/mol. The van der Waals surface area contributed by atoms with Crippen LogP contribution >= 0.6 is 0 Å². The molecule has 1 aromatic carbocycles. The van der Waals surface area contributed by atoms with Gasteiger partial charge in [-0.3, -0.25) is 9.59 Å². The van der Waals surface area contributed by atoms with E-state index in [-0.39, 0.29) is 17.6 Å². The van der Waals surface area contributed by atoms with Crippen molar-refractivity contribution in [1.82, 2.24) is 10.6 Å². The molecule has 1 aliphatic heterocycles. The highest BCUT2D eigenvalue weighted by Gasteiger charge is 2.33. The highest BCUT2D eigenvalue weighted by atomic mass is 16.3. The predicted molar refractivity (Wildman–Crippen MR) is 65.8 cm³/mol. The minimum Gasteiger partial charge on any atom is -0.508 e. The zero-order chi connectivity index (χ0) is 13.1. The van der Waals surface area contributed by atoms with Gasteiger partial charge in [0.15, 0.2) is 0 Å². The van der Waals surface area contributed by atoms with Crippen molar-refractivity contribution >= 4 is 11.8 Å². The molecule has 0 radical (unpaired) electrons. The Balaban J connectivity index is 2.14. The van der Waals surface area contributed by atoms with Crippen LogP contribution in [-0.4, -0.2) is 23.0 Å². The third-order valence-corrected chi connectivity index (χ3v) is 2.99. The van der Waals surface area contributed by atoms with Gasteiger partial charge in [-0.15, -0.1) is 0 Å². The van der Waals surface area contributed by atoms with E-state index in [2.05, 4.69) is 10.6 Å². The average molecular weight is 248 g/mol. The molecule has 2 rings (SSSR count). The van der Waals surface area contributed by atoms with E-state index in [1.54, 1.807) is 12.1 Å². The Hall–Kier alpha value is -2.04. The number of phenolic OH excluding ortho intramolecular Hbond substituents is 1. The predicted octanol–water partition coefficient (Wildman–Crippen LogP) is 0.848. The molecule has 1 aromatic rings. The second kappa shape index (κ2) is 5.08. The summed E-state index contributed by atoms with van der Waals surface area (Å²) in [5.74, 6) is -0.238. The molecule has 1 heterocycles. The molecule has 1 fully saturated rings. The maximum absolute atomic E-state index is 11.9. The molecule has 5 nitrogen and oxygen atoms in total. The molecule has 1 saturated heterocycles. The van der Waals surface area contributed by atoms with Crippen molar-refractivity contribution < 1.29 is 14.7 Å². The van der Waals surface area contributed by atoms with E-state index in [0.717, 1.165) is 6.42 Å². The lowest BCUT2D eigenvalue weighted by atomic mass is 10.0. The average Bonchev–Trinajstić information content (AvgIpc) is 2.35. The van der Waals surface area contributed by atoms with Gasteiger partial charge < -0.3 is 15.7 Å². The second-order valence-corrected chi connectivity index (χ2v) is 4.38. The smallest absolute Gasteiger partial charge is 0.247 e. The lowest BCUT2D eigenvalue weighted by Crippen LogP contribution is -2.57. The van der Waals surface area contributed by atoms with Crippen LogP contribution in [0, 0.1) is 0 Å². The molecule has 0 spiro atoms. The molecular formula is C13H16N2O3. The fraction of sp³-hybridized carbons (Fsp3) is 0.385. The molecule has 96 valence electrons. The van der Waals surface area contributed by atoms with Crippen LogP contribution in [-0.2, 0) is 9.59 Å². The Morgan fingerprint density at radius 1 is 1.11 bits per heavy atom. The first kappa shape index (κ1) is 12.4. The molecule has 2 atom stereocenters. The summed E-state index contributed by atoms with van der Waals surface area (Å²) in [5.41, 5.74) is 0.661. The molecule has 3 N–H and O–H groups in total. The van der Waals surface area contributed by atoms with Crippen LogP contribution in [0.15, 0.2) is 24.3 Å². The topological polar surface area (TPSA) is 78.4 Å². The van der Waals surface area contributed by atoms with Crippen molar-refractivity contribution in [2.45, 2.75) is 31.8 Å². The molecule has 18 heavy (non-hydrogen) atoms. The van der Waals surface area contributed by atoms with Gasteiger partial charge in [-0.05, 0) is 24.1 Å². The Bertz CT molecular complexity index is 456. The normalized spacial score (nSPS) is 23.4. The largest absolute Gasteiger partial charge is 0.508 e. The van der Waals surface area contributed by atoms with E-state index in [9.17, 15) is 14.7 Å². The second-order valence-electron chi connectivity index (χ2n) is 4.38. The number of carbonyl (C=O) groups is 2. The standard InChI is InChI=1S/C13H16N2O3/c1-2-3-10-12(17)15-11(13(18)14-10)8-4-6-9(16)7-5-8/h4-7,10-11,16H,2-3H2,1H3,(H,14,18)(H,15,17)/t10-,11-/m1/s1. The first-order valence-corrected chi connectivity index (χ1v) is 6.01. The lowest BCUT2D eigenvalue weighted by molar-refractivity contribution is -0.137. The van der Waals surface area contributed by atoms with E-state index in [1.165, 1.54) is 12.1 Å². The maximum Gasteiger partial charge on any atom is 0.247 e. The van der Waals surface area contributed by atoms with Crippen LogP contribution in [0.2, 0.25) is 0 Å². The van der Waals surface area contributed by atoms with E-state index in [0.29, 0.717) is 12.0 Å². The van der Waals surface area contributed by atoms with Gasteiger partial charge in [0.05, 0.1) is 0 Å². The molecule has 2 amide bonds. The SMILES string of the molecule is CCC[C@H]1NC(=O)[C@@H](c2ccc(O)cc2)NC1=O. The van der Waals surface area contributed by atoms with Crippen molar-refractivity contribution in [2.24, 2.45) is 0 Å². The summed E-state index contributed by atoms with van der Waals surface area (Å²) in [4.78, 5) is 23.7. The summed E-state index contributed by atoms with van der Waals surface area (Å²) in [7, 11) is 0. The summed E-state index contributed by atoms with van der Waals surface area (Å²) in [6.07, 6.45) is 1.47. The Labute approximate surface area is 105 Å². The Morgan fingerprint density at radius 3 is 2.39 bits per heavy atom. The minimum absolute atomic E-state index is 0.130. The molecule has 0 unspecified atom stereocenters. The number of nitrogens with one attached hydrogen (secondary N) is 2. The number of aromatic hydroxyl groups is 1. The number of piperazine rings is 1. The summed E-state index contributed by atoms with van der Waals surface area (Å²) >= 11 is 0. The van der Waals surface area contributed by atoms with Crippen LogP contribution in [0.5, 0.6) is 5.75 Å². The number of rotatable bonds is 3. The molecule has 0 aliphatic carbocycles. The van der Waals surface area contributed by atoms with Crippen LogP contribution < -0.4 is 10.6 Å². The molecule has 0 aromatic heterocycles. The van der Waals surface area contributed by atoms with Crippen LogP contribution in [0.3, 0.4) is 0 Å². The first-order chi connectivity index (χ1) is 8.61. The Morgan fingerprint density at radius 2 is 1.78 bits per heavy atom. The van der Waals surface area contributed by atoms with Gasteiger partial charge >= 0.3 is 0 Å². The number of hydrogen-bond acceptors (Lipinski definition) is 3. The fourth-order valence-corrected chi connectivity index (χ4v) is 2.02. The van der Waals surface area contributed by atoms with Crippen LogP contribution in [0.4, 0.5) is 0 Å². The van der Waals surface area contributed by atoms with Crippen LogP contribution in [0.25, 0.3) is 0 Å². The fourth-order valence-electron chi connectivity index (χ4n) is 2.02. The number of benzene rings is 1. The minimum atomic E-state index is -0.675. The molecular weight excluding hydrogens is 232 g/mol. The van der Waals surface area contributed by atoms with Crippen molar-refractivity contribution in [1.29, 1.82) is 0 Å². The van der Waals surface area contributed by atoms with Crippen molar-refractivity contribution in [3.8, 4) is 5.75 Å². The highest BCUT2D eigenvalue weighted by Crippen LogP contribution is 2.20. The van der Waals surface area contributed by atoms with E-state index >= 15 is 0 Å². The van der Waals surface area contributed by atoms with Gasteiger partial charge in [0.1, 0.15) is 17.8 Å². The number of carbonyl (C=O) groups excluding carboxylic acids is 2. The van der Waals surface area contributed by atoms with Crippen molar-refractivity contribution in [3.05, 3.63) is 29.8 Å². The molecule has 5 heteroatoms. The molecule has 1 aliphatic rings. The van der Waals surface area contributed by atoms with Gasteiger partial charge in [0.25, 0.3) is 0 Å². The third-order valence-electron chi connectivity index (χ3n) is 2.99. The number of phenols is 1. The zero-order valence-corrected chi connectivity index (χ0v) is 10.1. The summed E-state index contributed by atoms with van der Waals surface area (Å²) in [5, 5.41) is 14.6. The van der Waals surface area contributed by atoms with Gasteiger partial charge in [0, 0.05) is 0 Å². The van der Waals surface area contributed by atoms with E-state index in [1.807, 2.05) is 6.92 Å². The summed E-state index contributed by atoms with van der Waals surface area (Å²) < 4.78 is 0. The summed E-state index contributed by atoms with van der Waals surface area (Å²) in [6.45, 7) is 1.96. The quantitative estimate of drug-likeness (QED) is 0.742. The zero-order valence-electron chi connectivity index (χ0n) is 10.1. The molecule has 0 bridgehead atoms. The Kier molecular flexibility index (Phi) is 3.50. The van der Waals surface area contributed by atoms with E-state index < -0.39 is 12.1 Å². The highest BCUT2D eigenvalue weighted by molar-refractivity contribution is 5.97. The third kappa shape index (κ3) is 2.45. The number of amides is 2. The van der Waals surface area contributed by atoms with Gasteiger partial charge in [-0.2, -0.15) is 0 Å². The summed E-state index contributed by atoms with van der Waals surface area (Å²) in [6, 6.07) is 5.13. The maximum atomic E-state index is 11.9. The lowest BCUT2D eigenvalue weighted by Gasteiger charge is -2.29. The number of hydrogen-bond donors (Lipinski definition) is 3. The van der Waals surface area contributed by atoms with Crippen LogP contribution in [0.1, 0.15) is 31.4 Å². The van der Waals surface area contributed by atoms with Gasteiger partial charge in [0.2, 0.25) is 11.8 Å². The van der Waals surface area contributed by atoms with Gasteiger partial charge in [-0.25, -0.2) is 0 Å². The van der Waals surface area contributed by atoms with Gasteiger partial charge in [-0.1, -0.05) is 25.5 Å². The first-order valence-electron chi connectivity index (χ1n) is 6.01. The van der Waals surface area contributed by atoms with E-state index in [4.69, 9.17) is 0 Å².